The number of nitrogens with zero attached hydrogens (tertiary/aromatic N) is 1. The van der Waals surface area contributed by atoms with Gasteiger partial charge < -0.3 is 9.72 Å². The topological polar surface area (TPSA) is 47.0 Å². The van der Waals surface area contributed by atoms with Gasteiger partial charge in [-0.25, -0.2) is 9.18 Å². The van der Waals surface area contributed by atoms with Crippen molar-refractivity contribution in [2.45, 2.75) is 6.54 Å². The second-order valence-electron chi connectivity index (χ2n) is 6.18. The summed E-state index contributed by atoms with van der Waals surface area (Å²) in [7, 11) is 1.54. The predicted molar refractivity (Wildman–Crippen MR) is 105 cm³/mol. The number of ether oxygens (including phenoxy) is 1. The number of nitrogens with one attached hydrogen (secondary N) is 1. The van der Waals surface area contributed by atoms with Crippen molar-refractivity contribution in [3.8, 4) is 16.9 Å². The van der Waals surface area contributed by atoms with E-state index in [0.29, 0.717) is 28.4 Å². The molecule has 1 N–H and O–H groups in total. The number of rotatable bonds is 4. The Labute approximate surface area is 159 Å². The van der Waals surface area contributed by atoms with Crippen LogP contribution in [0.3, 0.4) is 0 Å². The molecule has 0 atom stereocenters. The van der Waals surface area contributed by atoms with E-state index in [9.17, 15) is 9.18 Å². The highest BCUT2D eigenvalue weighted by molar-refractivity contribution is 6.31. The van der Waals surface area contributed by atoms with Crippen molar-refractivity contribution < 1.29 is 9.13 Å². The molecule has 0 aliphatic rings. The smallest absolute Gasteiger partial charge is 0.326 e. The molecule has 0 fully saturated rings. The average molecular weight is 383 g/mol. The van der Waals surface area contributed by atoms with Gasteiger partial charge in [0, 0.05) is 10.6 Å². The van der Waals surface area contributed by atoms with E-state index in [-0.39, 0.29) is 11.5 Å². The minimum absolute atomic E-state index is 0.228. The number of imidazole rings is 1. The van der Waals surface area contributed by atoms with Gasteiger partial charge in [0.05, 0.1) is 24.7 Å². The largest absolute Gasteiger partial charge is 0.496 e. The molecule has 0 spiro atoms. The molecule has 3 aromatic carbocycles. The summed E-state index contributed by atoms with van der Waals surface area (Å²) < 4.78 is 20.7. The van der Waals surface area contributed by atoms with Crippen LogP contribution in [0.5, 0.6) is 5.75 Å². The van der Waals surface area contributed by atoms with Gasteiger partial charge in [0.15, 0.2) is 0 Å². The predicted octanol–water partition coefficient (Wildman–Crippen LogP) is 4.85. The molecule has 27 heavy (non-hydrogen) atoms. The summed E-state index contributed by atoms with van der Waals surface area (Å²) in [5, 5.41) is 0.611. The number of aromatic amines is 1. The van der Waals surface area contributed by atoms with Crippen LogP contribution in [-0.2, 0) is 6.54 Å². The molecule has 4 nitrogen and oxygen atoms in total. The zero-order chi connectivity index (χ0) is 19.0. The monoisotopic (exact) mass is 382 g/mol. The first-order valence-electron chi connectivity index (χ1n) is 8.36. The summed E-state index contributed by atoms with van der Waals surface area (Å²) in [6.07, 6.45) is 0. The third kappa shape index (κ3) is 3.22. The Morgan fingerprint density at radius 3 is 2.70 bits per heavy atom. The molecule has 136 valence electrons. The normalized spacial score (nSPS) is 11.1. The van der Waals surface area contributed by atoms with Crippen LogP contribution in [0.4, 0.5) is 4.39 Å². The lowest BCUT2D eigenvalue weighted by molar-refractivity contribution is 0.415. The lowest BCUT2D eigenvalue weighted by Gasteiger charge is -2.09. The summed E-state index contributed by atoms with van der Waals surface area (Å²) in [6.45, 7) is 0.362. The molecule has 0 saturated carbocycles. The standard InChI is InChI=1S/C21H16ClFN2O2/c1-27-20-9-7-15(23)11-16(20)13-6-8-19-18(10-13)24-21(26)25(19)12-14-4-2-3-5-17(14)22/h2-11H,12H2,1H3,(H,24,26). The van der Waals surface area contributed by atoms with Gasteiger partial charge >= 0.3 is 5.69 Å². The first kappa shape index (κ1) is 17.4. The lowest BCUT2D eigenvalue weighted by atomic mass is 10.0. The number of H-pyrrole nitrogens is 1. The molecule has 0 radical (unpaired) electrons. The highest BCUT2D eigenvalue weighted by Crippen LogP contribution is 2.32. The minimum atomic E-state index is -0.351. The maximum atomic E-state index is 13.7. The summed E-state index contributed by atoms with van der Waals surface area (Å²) in [5.41, 5.74) is 3.42. The van der Waals surface area contributed by atoms with E-state index < -0.39 is 0 Å². The molecule has 0 bridgehead atoms. The molecule has 0 unspecified atom stereocenters. The number of hydrogen-bond acceptors (Lipinski definition) is 2. The number of halogens is 2. The molecule has 0 aliphatic carbocycles. The Kier molecular flexibility index (Phi) is 4.46. The third-order valence-electron chi connectivity index (χ3n) is 4.53. The Bertz CT molecular complexity index is 1200. The first-order chi connectivity index (χ1) is 13.1. The van der Waals surface area contributed by atoms with Crippen LogP contribution < -0.4 is 10.4 Å². The van der Waals surface area contributed by atoms with Crippen LogP contribution >= 0.6 is 11.6 Å². The zero-order valence-electron chi connectivity index (χ0n) is 14.5. The number of aromatic nitrogens is 2. The van der Waals surface area contributed by atoms with E-state index in [4.69, 9.17) is 16.3 Å². The molecule has 4 aromatic rings. The Morgan fingerprint density at radius 2 is 1.93 bits per heavy atom. The molecule has 0 aliphatic heterocycles. The van der Waals surface area contributed by atoms with E-state index in [0.717, 1.165) is 16.6 Å². The molecule has 1 aromatic heterocycles. The van der Waals surface area contributed by atoms with Crippen molar-refractivity contribution >= 4 is 22.6 Å². The van der Waals surface area contributed by atoms with Gasteiger partial charge in [-0.2, -0.15) is 0 Å². The summed E-state index contributed by atoms with van der Waals surface area (Å²) in [5.74, 6) is 0.212. The van der Waals surface area contributed by atoms with Gasteiger partial charge in [-0.05, 0) is 47.5 Å². The van der Waals surface area contributed by atoms with Crippen molar-refractivity contribution in [1.82, 2.24) is 9.55 Å². The van der Waals surface area contributed by atoms with Crippen molar-refractivity contribution in [3.63, 3.8) is 0 Å². The van der Waals surface area contributed by atoms with Gasteiger partial charge in [0.2, 0.25) is 0 Å². The molecular formula is C21H16ClFN2O2. The van der Waals surface area contributed by atoms with Gasteiger partial charge in [0.25, 0.3) is 0 Å². The molecule has 4 rings (SSSR count). The van der Waals surface area contributed by atoms with Crippen molar-refractivity contribution in [2.75, 3.05) is 7.11 Å². The Morgan fingerprint density at radius 1 is 1.11 bits per heavy atom. The fraction of sp³-hybridized carbons (Fsp3) is 0.0952. The summed E-state index contributed by atoms with van der Waals surface area (Å²) >= 11 is 6.22. The highest BCUT2D eigenvalue weighted by atomic mass is 35.5. The minimum Gasteiger partial charge on any atom is -0.496 e. The van der Waals surface area contributed by atoms with Crippen molar-refractivity contribution in [2.24, 2.45) is 0 Å². The van der Waals surface area contributed by atoms with Gasteiger partial charge in [-0.15, -0.1) is 0 Å². The van der Waals surface area contributed by atoms with E-state index >= 15 is 0 Å². The molecule has 1 heterocycles. The molecular weight excluding hydrogens is 367 g/mol. The van der Waals surface area contributed by atoms with E-state index in [1.54, 1.807) is 16.7 Å². The summed E-state index contributed by atoms with van der Waals surface area (Å²) in [4.78, 5) is 15.3. The van der Waals surface area contributed by atoms with Crippen LogP contribution in [0, 0.1) is 5.82 Å². The van der Waals surface area contributed by atoms with Gasteiger partial charge in [0.1, 0.15) is 11.6 Å². The lowest BCUT2D eigenvalue weighted by Crippen LogP contribution is -2.17. The average Bonchev–Trinajstić information content (AvgIpc) is 2.98. The maximum absolute atomic E-state index is 13.7. The number of benzene rings is 3. The van der Waals surface area contributed by atoms with E-state index in [2.05, 4.69) is 4.98 Å². The Hall–Kier alpha value is -3.05. The summed E-state index contributed by atoms with van der Waals surface area (Å²) in [6, 6.07) is 17.3. The van der Waals surface area contributed by atoms with E-state index in [1.165, 1.54) is 19.2 Å². The van der Waals surface area contributed by atoms with Crippen LogP contribution in [0.25, 0.3) is 22.2 Å². The van der Waals surface area contributed by atoms with Crippen molar-refractivity contribution in [1.29, 1.82) is 0 Å². The fourth-order valence-corrected chi connectivity index (χ4v) is 3.39. The number of methoxy groups -OCH3 is 1. The van der Waals surface area contributed by atoms with Crippen LogP contribution in [0.2, 0.25) is 5.02 Å². The highest BCUT2D eigenvalue weighted by Gasteiger charge is 2.12. The van der Waals surface area contributed by atoms with Gasteiger partial charge in [-0.1, -0.05) is 35.9 Å². The maximum Gasteiger partial charge on any atom is 0.326 e. The second kappa shape index (κ2) is 6.93. The molecule has 6 heteroatoms. The van der Waals surface area contributed by atoms with Crippen LogP contribution in [-0.4, -0.2) is 16.7 Å². The van der Waals surface area contributed by atoms with Crippen molar-refractivity contribution in [3.05, 3.63) is 87.6 Å². The molecule has 0 amide bonds. The zero-order valence-corrected chi connectivity index (χ0v) is 15.3. The second-order valence-corrected chi connectivity index (χ2v) is 6.59. The Balaban J connectivity index is 1.81. The third-order valence-corrected chi connectivity index (χ3v) is 4.90. The van der Waals surface area contributed by atoms with Gasteiger partial charge in [-0.3, -0.25) is 4.57 Å². The van der Waals surface area contributed by atoms with Crippen LogP contribution in [0.15, 0.2) is 65.5 Å². The number of fused-ring (bicyclic) bond motifs is 1. The molecule has 0 saturated heterocycles. The van der Waals surface area contributed by atoms with E-state index in [1.807, 2.05) is 36.4 Å². The fourth-order valence-electron chi connectivity index (χ4n) is 3.19. The quantitative estimate of drug-likeness (QED) is 0.548. The first-order valence-corrected chi connectivity index (χ1v) is 8.74. The SMILES string of the molecule is COc1ccc(F)cc1-c1ccc2c(c1)[nH]c(=O)n2Cc1ccccc1Cl. The number of hydrogen-bond donors (Lipinski definition) is 1. The van der Waals surface area contributed by atoms with Crippen LogP contribution in [0.1, 0.15) is 5.56 Å².